The summed E-state index contributed by atoms with van der Waals surface area (Å²) in [4.78, 5) is 4.39. The van der Waals surface area contributed by atoms with Crippen molar-refractivity contribution in [2.75, 3.05) is 0 Å². The number of fused-ring (bicyclic) bond motifs is 1. The molecule has 1 atom stereocenters. The third-order valence-corrected chi connectivity index (χ3v) is 3.67. The van der Waals surface area contributed by atoms with Crippen molar-refractivity contribution in [3.63, 3.8) is 0 Å². The van der Waals surface area contributed by atoms with Crippen LogP contribution in [-0.2, 0) is 0 Å². The van der Waals surface area contributed by atoms with Gasteiger partial charge in [0.1, 0.15) is 23.0 Å². The molecule has 1 heterocycles. The average Bonchev–Trinajstić information content (AvgIpc) is 2.80. The Kier molecular flexibility index (Phi) is 3.59. The maximum absolute atomic E-state index is 14.1. The molecule has 0 amide bonds. The molecule has 0 bridgehead atoms. The molecule has 2 nitrogen and oxygen atoms in total. The van der Waals surface area contributed by atoms with E-state index in [-0.39, 0.29) is 5.69 Å². The van der Waals surface area contributed by atoms with Gasteiger partial charge in [-0.05, 0) is 31.2 Å². The van der Waals surface area contributed by atoms with Gasteiger partial charge in [-0.3, -0.25) is 4.57 Å². The van der Waals surface area contributed by atoms with Crippen molar-refractivity contribution >= 4 is 34.2 Å². The second-order valence-electron chi connectivity index (χ2n) is 4.62. The van der Waals surface area contributed by atoms with E-state index in [4.69, 9.17) is 23.2 Å². The molecule has 1 unspecified atom stereocenters. The van der Waals surface area contributed by atoms with Crippen molar-refractivity contribution in [1.29, 1.82) is 0 Å². The molecule has 0 saturated carbocycles. The predicted molar refractivity (Wildman–Crippen MR) is 80.3 cm³/mol. The fourth-order valence-corrected chi connectivity index (χ4v) is 2.62. The molecule has 6 heteroatoms. The van der Waals surface area contributed by atoms with Crippen LogP contribution in [0.5, 0.6) is 0 Å². The number of hydrogen-bond donors (Lipinski definition) is 0. The highest BCUT2D eigenvalue weighted by Crippen LogP contribution is 2.32. The average molecular weight is 327 g/mol. The largest absolute Gasteiger partial charge is 0.292 e. The zero-order valence-corrected chi connectivity index (χ0v) is 12.5. The van der Waals surface area contributed by atoms with Gasteiger partial charge in [0, 0.05) is 6.07 Å². The molecule has 2 aromatic carbocycles. The Hall–Kier alpha value is -1.65. The third kappa shape index (κ3) is 2.39. The summed E-state index contributed by atoms with van der Waals surface area (Å²) in [5.41, 5.74) is 1.34. The van der Waals surface area contributed by atoms with E-state index in [0.717, 1.165) is 6.07 Å². The van der Waals surface area contributed by atoms with Gasteiger partial charge >= 0.3 is 0 Å². The van der Waals surface area contributed by atoms with E-state index in [0.29, 0.717) is 21.9 Å². The van der Waals surface area contributed by atoms with Crippen molar-refractivity contribution in [2.45, 2.75) is 12.3 Å². The van der Waals surface area contributed by atoms with E-state index in [1.165, 1.54) is 12.1 Å². The Bertz CT molecular complexity index is 828. The molecule has 0 aliphatic carbocycles. The van der Waals surface area contributed by atoms with Gasteiger partial charge in [-0.1, -0.05) is 17.7 Å². The molecule has 0 saturated heterocycles. The molecule has 21 heavy (non-hydrogen) atoms. The van der Waals surface area contributed by atoms with Gasteiger partial charge in [0.2, 0.25) is 0 Å². The summed E-state index contributed by atoms with van der Waals surface area (Å²) in [6, 6.07) is 8.58. The predicted octanol–water partition coefficient (Wildman–Crippen LogP) is 5.26. The zero-order valence-electron chi connectivity index (χ0n) is 10.9. The Morgan fingerprint density at radius 3 is 2.62 bits per heavy atom. The summed E-state index contributed by atoms with van der Waals surface area (Å²) in [5.74, 6) is -0.878. The van der Waals surface area contributed by atoms with E-state index >= 15 is 0 Å². The number of nitrogens with zero attached hydrogens (tertiary/aromatic N) is 2. The number of alkyl halides is 1. The summed E-state index contributed by atoms with van der Waals surface area (Å²) in [6.45, 7) is 1.73. The lowest BCUT2D eigenvalue weighted by atomic mass is 10.2. The lowest BCUT2D eigenvalue weighted by Crippen LogP contribution is -2.04. The monoisotopic (exact) mass is 326 g/mol. The van der Waals surface area contributed by atoms with Crippen molar-refractivity contribution < 1.29 is 8.78 Å². The van der Waals surface area contributed by atoms with E-state index in [2.05, 4.69) is 4.98 Å². The SMILES string of the molecule is CC(Cl)c1nc2c(Cl)cccc2n1-c1ccc(F)cc1F. The first-order valence-electron chi connectivity index (χ1n) is 6.25. The van der Waals surface area contributed by atoms with Crippen molar-refractivity contribution in [3.05, 3.63) is 58.9 Å². The molecule has 0 aliphatic rings. The topological polar surface area (TPSA) is 17.8 Å². The highest BCUT2D eigenvalue weighted by Gasteiger charge is 2.20. The maximum Gasteiger partial charge on any atom is 0.150 e. The zero-order chi connectivity index (χ0) is 15.1. The van der Waals surface area contributed by atoms with Crippen LogP contribution >= 0.6 is 23.2 Å². The Balaban J connectivity index is 2.39. The summed E-state index contributed by atoms with van der Waals surface area (Å²) >= 11 is 12.3. The van der Waals surface area contributed by atoms with Crippen LogP contribution in [0.4, 0.5) is 8.78 Å². The summed E-state index contributed by atoms with van der Waals surface area (Å²) in [5, 5.41) is -0.00902. The Morgan fingerprint density at radius 1 is 1.19 bits per heavy atom. The molecule has 3 aromatic rings. The molecular formula is C15H10Cl2F2N2. The van der Waals surface area contributed by atoms with Crippen LogP contribution in [0.15, 0.2) is 36.4 Å². The third-order valence-electron chi connectivity index (χ3n) is 3.17. The molecule has 1 aromatic heterocycles. The van der Waals surface area contributed by atoms with E-state index in [9.17, 15) is 8.78 Å². The van der Waals surface area contributed by atoms with E-state index in [1.54, 1.807) is 29.7 Å². The maximum atomic E-state index is 14.1. The van der Waals surface area contributed by atoms with Crippen molar-refractivity contribution in [3.8, 4) is 5.69 Å². The fourth-order valence-electron chi connectivity index (χ4n) is 2.27. The lowest BCUT2D eigenvalue weighted by molar-refractivity contribution is 0.577. The molecular weight excluding hydrogens is 317 g/mol. The minimum absolute atomic E-state index is 0.184. The van der Waals surface area contributed by atoms with Gasteiger partial charge in [-0.15, -0.1) is 11.6 Å². The number of benzene rings is 2. The quantitative estimate of drug-likeness (QED) is 0.587. The number of aromatic nitrogens is 2. The smallest absolute Gasteiger partial charge is 0.150 e. The van der Waals surface area contributed by atoms with Crippen LogP contribution in [-0.4, -0.2) is 9.55 Å². The van der Waals surface area contributed by atoms with Crippen LogP contribution in [0, 0.1) is 11.6 Å². The summed E-state index contributed by atoms with van der Waals surface area (Å²) in [7, 11) is 0. The highest BCUT2D eigenvalue weighted by molar-refractivity contribution is 6.35. The van der Waals surface area contributed by atoms with Crippen LogP contribution in [0.25, 0.3) is 16.7 Å². The van der Waals surface area contributed by atoms with Crippen LogP contribution < -0.4 is 0 Å². The molecule has 0 fully saturated rings. The minimum atomic E-state index is -0.687. The van der Waals surface area contributed by atoms with E-state index < -0.39 is 17.0 Å². The molecule has 108 valence electrons. The van der Waals surface area contributed by atoms with Gasteiger partial charge < -0.3 is 0 Å². The molecule has 0 radical (unpaired) electrons. The van der Waals surface area contributed by atoms with Gasteiger partial charge in [-0.2, -0.15) is 0 Å². The first-order chi connectivity index (χ1) is 9.99. The lowest BCUT2D eigenvalue weighted by Gasteiger charge is -2.11. The number of para-hydroxylation sites is 1. The van der Waals surface area contributed by atoms with Gasteiger partial charge in [-0.25, -0.2) is 13.8 Å². The fraction of sp³-hybridized carbons (Fsp3) is 0.133. The van der Waals surface area contributed by atoms with Crippen LogP contribution in [0.1, 0.15) is 18.1 Å². The summed E-state index contributed by atoms with van der Waals surface area (Å²) < 4.78 is 28.8. The Morgan fingerprint density at radius 2 is 1.95 bits per heavy atom. The standard InChI is InChI=1S/C15H10Cl2F2N2/c1-8(16)15-20-14-10(17)3-2-4-13(14)21(15)12-6-5-9(18)7-11(12)19/h2-8H,1H3. The second-order valence-corrected chi connectivity index (χ2v) is 5.69. The first kappa shape index (κ1) is 14.3. The molecule has 0 spiro atoms. The Labute approximate surface area is 129 Å². The van der Waals surface area contributed by atoms with Gasteiger partial charge in [0.25, 0.3) is 0 Å². The number of imidazole rings is 1. The van der Waals surface area contributed by atoms with Gasteiger partial charge in [0.05, 0.1) is 21.6 Å². The van der Waals surface area contributed by atoms with Crippen LogP contribution in [0.2, 0.25) is 5.02 Å². The normalized spacial score (nSPS) is 12.8. The van der Waals surface area contributed by atoms with Crippen molar-refractivity contribution in [1.82, 2.24) is 9.55 Å². The van der Waals surface area contributed by atoms with E-state index in [1.807, 2.05) is 0 Å². The van der Waals surface area contributed by atoms with Crippen molar-refractivity contribution in [2.24, 2.45) is 0 Å². The molecule has 3 rings (SSSR count). The van der Waals surface area contributed by atoms with Gasteiger partial charge in [0.15, 0.2) is 0 Å². The number of halogens is 4. The minimum Gasteiger partial charge on any atom is -0.292 e. The number of rotatable bonds is 2. The number of hydrogen-bond acceptors (Lipinski definition) is 1. The highest BCUT2D eigenvalue weighted by atomic mass is 35.5. The molecule has 0 aliphatic heterocycles. The summed E-state index contributed by atoms with van der Waals surface area (Å²) in [6.07, 6.45) is 0. The second kappa shape index (κ2) is 5.28. The van der Waals surface area contributed by atoms with Crippen LogP contribution in [0.3, 0.4) is 0 Å². The first-order valence-corrected chi connectivity index (χ1v) is 7.07. The molecule has 0 N–H and O–H groups in total.